The van der Waals surface area contributed by atoms with Crippen LogP contribution in [0.1, 0.15) is 39.2 Å². The third-order valence-corrected chi connectivity index (χ3v) is 4.60. The summed E-state index contributed by atoms with van der Waals surface area (Å²) in [4.78, 5) is 14.7. The number of carbonyl (C=O) groups excluding carboxylic acids is 1. The van der Waals surface area contributed by atoms with Crippen LogP contribution >= 0.6 is 0 Å². The number of piperidine rings is 1. The number of benzene rings is 1. The van der Waals surface area contributed by atoms with Crippen LogP contribution in [-0.2, 0) is 4.79 Å². The fourth-order valence-electron chi connectivity index (χ4n) is 2.99. The minimum Gasteiger partial charge on any atom is -0.324 e. The number of nitriles is 1. The second-order valence-corrected chi connectivity index (χ2v) is 5.92. The first-order valence-electron chi connectivity index (χ1n) is 7.60. The summed E-state index contributed by atoms with van der Waals surface area (Å²) in [5, 5.41) is 12.0. The van der Waals surface area contributed by atoms with Gasteiger partial charge in [0, 0.05) is 6.04 Å². The molecule has 4 nitrogen and oxygen atoms in total. The number of likely N-dealkylation sites (tertiary alicyclic amines) is 1. The third-order valence-electron chi connectivity index (χ3n) is 4.60. The van der Waals surface area contributed by atoms with Crippen molar-refractivity contribution in [3.63, 3.8) is 0 Å². The van der Waals surface area contributed by atoms with E-state index in [1.54, 1.807) is 18.2 Å². The first-order valence-corrected chi connectivity index (χ1v) is 7.60. The van der Waals surface area contributed by atoms with E-state index in [2.05, 4.69) is 30.1 Å². The zero-order valence-electron chi connectivity index (χ0n) is 13.0. The summed E-state index contributed by atoms with van der Waals surface area (Å²) in [6, 6.07) is 9.44. The van der Waals surface area contributed by atoms with Crippen LogP contribution in [-0.4, -0.2) is 29.4 Å². The van der Waals surface area contributed by atoms with Crippen LogP contribution in [0, 0.1) is 17.2 Å². The molecule has 1 saturated heterocycles. The van der Waals surface area contributed by atoms with Crippen molar-refractivity contribution in [3.05, 3.63) is 29.8 Å². The Morgan fingerprint density at radius 3 is 2.86 bits per heavy atom. The molecular weight excluding hydrogens is 262 g/mol. The maximum absolute atomic E-state index is 12.5. The molecule has 1 aliphatic heterocycles. The van der Waals surface area contributed by atoms with Crippen LogP contribution in [0.25, 0.3) is 0 Å². The highest BCUT2D eigenvalue weighted by atomic mass is 16.2. The van der Waals surface area contributed by atoms with Crippen molar-refractivity contribution in [3.8, 4) is 6.07 Å². The summed E-state index contributed by atoms with van der Waals surface area (Å²) in [5.74, 6) is 0.569. The van der Waals surface area contributed by atoms with Gasteiger partial charge in [0.15, 0.2) is 0 Å². The van der Waals surface area contributed by atoms with Gasteiger partial charge in [-0.25, -0.2) is 0 Å². The molecule has 1 amide bonds. The second-order valence-electron chi connectivity index (χ2n) is 5.92. The predicted molar refractivity (Wildman–Crippen MR) is 83.8 cm³/mol. The van der Waals surface area contributed by atoms with E-state index in [-0.39, 0.29) is 11.9 Å². The number of hydrogen-bond donors (Lipinski definition) is 1. The zero-order valence-corrected chi connectivity index (χ0v) is 13.0. The Morgan fingerprint density at radius 2 is 2.14 bits per heavy atom. The maximum atomic E-state index is 12.5. The highest BCUT2D eigenvalue weighted by Crippen LogP contribution is 2.25. The smallest absolute Gasteiger partial charge is 0.241 e. The topological polar surface area (TPSA) is 56.1 Å². The molecule has 0 aromatic heterocycles. The molecule has 21 heavy (non-hydrogen) atoms. The number of rotatable bonds is 3. The lowest BCUT2D eigenvalue weighted by Crippen LogP contribution is -2.51. The quantitative estimate of drug-likeness (QED) is 0.928. The number of amides is 1. The molecular formula is C17H23N3O. The van der Waals surface area contributed by atoms with E-state index in [4.69, 9.17) is 5.26 Å². The molecule has 0 aliphatic carbocycles. The van der Waals surface area contributed by atoms with Gasteiger partial charge in [-0.15, -0.1) is 0 Å². The number of hydrogen-bond acceptors (Lipinski definition) is 3. The van der Waals surface area contributed by atoms with Gasteiger partial charge in [-0.2, -0.15) is 5.26 Å². The Labute approximate surface area is 126 Å². The number of nitrogens with one attached hydrogen (secondary N) is 1. The molecule has 1 aliphatic rings. The fraction of sp³-hybridized carbons (Fsp3) is 0.529. The van der Waals surface area contributed by atoms with Gasteiger partial charge in [-0.3, -0.25) is 9.69 Å². The minimum atomic E-state index is -0.186. The number of anilines is 1. The average Bonchev–Trinajstić information content (AvgIpc) is 2.50. The molecule has 3 atom stereocenters. The summed E-state index contributed by atoms with van der Waals surface area (Å²) in [6.45, 7) is 7.34. The SMILES string of the molecule is CC1CCCN(C(C)C(=O)Nc2ccccc2C#N)C1C. The van der Waals surface area contributed by atoms with E-state index in [0.29, 0.717) is 23.2 Å². The van der Waals surface area contributed by atoms with Crippen LogP contribution in [0.2, 0.25) is 0 Å². The van der Waals surface area contributed by atoms with Crippen LogP contribution in [0.15, 0.2) is 24.3 Å². The Bertz CT molecular complexity index is 549. The van der Waals surface area contributed by atoms with E-state index in [9.17, 15) is 4.79 Å². The monoisotopic (exact) mass is 285 g/mol. The van der Waals surface area contributed by atoms with Gasteiger partial charge in [-0.05, 0) is 51.3 Å². The van der Waals surface area contributed by atoms with Gasteiger partial charge in [0.2, 0.25) is 5.91 Å². The molecule has 3 unspecified atom stereocenters. The highest BCUT2D eigenvalue weighted by Gasteiger charge is 2.31. The van der Waals surface area contributed by atoms with E-state index in [1.165, 1.54) is 6.42 Å². The average molecular weight is 285 g/mol. The highest BCUT2D eigenvalue weighted by molar-refractivity contribution is 5.95. The summed E-state index contributed by atoms with van der Waals surface area (Å²) in [6.07, 6.45) is 2.36. The molecule has 2 rings (SSSR count). The Morgan fingerprint density at radius 1 is 1.43 bits per heavy atom. The molecule has 0 radical (unpaired) electrons. The molecule has 0 saturated carbocycles. The molecule has 1 fully saturated rings. The lowest BCUT2D eigenvalue weighted by molar-refractivity contribution is -0.122. The Kier molecular flexibility index (Phi) is 4.98. The van der Waals surface area contributed by atoms with E-state index >= 15 is 0 Å². The first-order chi connectivity index (χ1) is 10.0. The normalized spacial score (nSPS) is 24.1. The van der Waals surface area contributed by atoms with Crippen molar-refractivity contribution in [2.45, 2.75) is 45.7 Å². The third kappa shape index (κ3) is 3.43. The van der Waals surface area contributed by atoms with Gasteiger partial charge in [0.05, 0.1) is 17.3 Å². The molecule has 112 valence electrons. The second kappa shape index (κ2) is 6.73. The molecule has 1 heterocycles. The van der Waals surface area contributed by atoms with Crippen molar-refractivity contribution >= 4 is 11.6 Å². The summed E-state index contributed by atoms with van der Waals surface area (Å²) < 4.78 is 0. The molecule has 4 heteroatoms. The molecule has 1 aromatic carbocycles. The largest absolute Gasteiger partial charge is 0.324 e. The predicted octanol–water partition coefficient (Wildman–Crippen LogP) is 3.01. The molecule has 0 spiro atoms. The standard InChI is InChI=1S/C17H23N3O/c1-12-7-6-10-20(13(12)2)14(3)17(21)19-16-9-5-4-8-15(16)11-18/h4-5,8-9,12-14H,6-7,10H2,1-3H3,(H,19,21). The van der Waals surface area contributed by atoms with Crippen molar-refractivity contribution in [1.29, 1.82) is 5.26 Å². The van der Waals surface area contributed by atoms with Crippen molar-refractivity contribution in [2.24, 2.45) is 5.92 Å². The molecule has 1 N–H and O–H groups in total. The van der Waals surface area contributed by atoms with Gasteiger partial charge < -0.3 is 5.32 Å². The summed E-state index contributed by atoms with van der Waals surface area (Å²) in [7, 11) is 0. The van der Waals surface area contributed by atoms with E-state index in [1.807, 2.05) is 13.0 Å². The van der Waals surface area contributed by atoms with Gasteiger partial charge in [0.1, 0.15) is 6.07 Å². The fourth-order valence-corrected chi connectivity index (χ4v) is 2.99. The van der Waals surface area contributed by atoms with Crippen LogP contribution in [0.3, 0.4) is 0 Å². The van der Waals surface area contributed by atoms with Gasteiger partial charge in [0.25, 0.3) is 0 Å². The Balaban J connectivity index is 2.08. The zero-order chi connectivity index (χ0) is 15.4. The maximum Gasteiger partial charge on any atom is 0.241 e. The van der Waals surface area contributed by atoms with Crippen LogP contribution in [0.4, 0.5) is 5.69 Å². The van der Waals surface area contributed by atoms with E-state index < -0.39 is 0 Å². The minimum absolute atomic E-state index is 0.0429. The van der Waals surface area contributed by atoms with E-state index in [0.717, 1.165) is 13.0 Å². The van der Waals surface area contributed by atoms with Gasteiger partial charge >= 0.3 is 0 Å². The Hall–Kier alpha value is -1.86. The molecule has 0 bridgehead atoms. The van der Waals surface area contributed by atoms with Crippen molar-refractivity contribution in [2.75, 3.05) is 11.9 Å². The van der Waals surface area contributed by atoms with Crippen LogP contribution < -0.4 is 5.32 Å². The van der Waals surface area contributed by atoms with Gasteiger partial charge in [-0.1, -0.05) is 19.1 Å². The van der Waals surface area contributed by atoms with Crippen LogP contribution in [0.5, 0.6) is 0 Å². The van der Waals surface area contributed by atoms with Crippen molar-refractivity contribution in [1.82, 2.24) is 4.90 Å². The number of nitrogens with zero attached hydrogens (tertiary/aromatic N) is 2. The lowest BCUT2D eigenvalue weighted by Gasteiger charge is -2.41. The molecule has 1 aromatic rings. The summed E-state index contributed by atoms with van der Waals surface area (Å²) >= 11 is 0. The first kappa shape index (κ1) is 15.5. The lowest BCUT2D eigenvalue weighted by atomic mass is 9.91. The number of carbonyl (C=O) groups is 1. The number of para-hydroxylation sites is 1. The summed E-state index contributed by atoms with van der Waals surface area (Å²) in [5.41, 5.74) is 1.09. The van der Waals surface area contributed by atoms with Crippen molar-refractivity contribution < 1.29 is 4.79 Å².